The van der Waals surface area contributed by atoms with Crippen LogP contribution in [0.25, 0.3) is 62.3 Å². The molecule has 64 heavy (non-hydrogen) atoms. The van der Waals surface area contributed by atoms with Crippen molar-refractivity contribution in [3.05, 3.63) is 209 Å². The number of amidine groups is 2. The molecule has 0 radical (unpaired) electrons. The molecule has 9 aromatic rings. The van der Waals surface area contributed by atoms with Gasteiger partial charge in [-0.05, 0) is 133 Å². The fraction of sp³-hybridized carbons (Fsp3) is 0.0200. The van der Waals surface area contributed by atoms with Crippen LogP contribution in [0, 0.1) is 34.9 Å². The molecular weight excluding hydrogens is 827 g/mol. The Bertz CT molecular complexity index is 3190. The van der Waals surface area contributed by atoms with Crippen molar-refractivity contribution in [2.45, 2.75) is 0 Å². The van der Waals surface area contributed by atoms with Gasteiger partial charge in [0.25, 0.3) is 0 Å². The summed E-state index contributed by atoms with van der Waals surface area (Å²) < 4.78 is 87.9. The van der Waals surface area contributed by atoms with Crippen LogP contribution in [0.2, 0.25) is 0 Å². The molecule has 0 saturated heterocycles. The van der Waals surface area contributed by atoms with Gasteiger partial charge < -0.3 is 0 Å². The number of aromatic nitrogens is 5. The number of nitrogens with zero attached hydrogens (tertiary/aromatic N) is 8. The number of aliphatic imine (C=N–C) groups is 3. The van der Waals surface area contributed by atoms with Gasteiger partial charge in [0.2, 0.25) is 0 Å². The molecule has 0 unspecified atom stereocenters. The van der Waals surface area contributed by atoms with Gasteiger partial charge in [0.1, 0.15) is 40.7 Å². The van der Waals surface area contributed by atoms with E-state index < -0.39 is 34.9 Å². The Morgan fingerprint density at radius 3 is 1.58 bits per heavy atom. The lowest BCUT2D eigenvalue weighted by Crippen LogP contribution is -2.08. The van der Waals surface area contributed by atoms with Crippen molar-refractivity contribution in [1.82, 2.24) is 24.5 Å². The number of hydrogen-bond donors (Lipinski definition) is 0. The molecule has 0 aliphatic carbocycles. The Kier molecular flexibility index (Phi) is 11.2. The number of benzene rings is 7. The maximum atomic E-state index is 14.9. The molecule has 2 aromatic heterocycles. The number of fused-ring (bicyclic) bond motifs is 1. The molecule has 0 amide bonds. The zero-order valence-electron chi connectivity index (χ0n) is 33.4. The van der Waals surface area contributed by atoms with Crippen molar-refractivity contribution in [3.8, 4) is 51.2 Å². The Balaban J connectivity index is 1.35. The van der Waals surface area contributed by atoms with Gasteiger partial charge >= 0.3 is 0 Å². The lowest BCUT2D eigenvalue weighted by atomic mass is 10.1. The molecule has 0 atom stereocenters. The van der Waals surface area contributed by atoms with Crippen molar-refractivity contribution in [1.29, 1.82) is 0 Å². The van der Waals surface area contributed by atoms with Gasteiger partial charge in [-0.2, -0.15) is 0 Å². The van der Waals surface area contributed by atoms with E-state index in [4.69, 9.17) is 24.9 Å². The SMILES string of the molecule is C\N=C(/N=C(\N=C\c1ccc(F)cc1)c1cc(-c2nc(-c3ccc(F)cc3)nc(-c3ccc(F)cc3)n2)cc(-n2c(-c3cc(F)cc(F)c3)nc3ccccc32)c1)c1ccc(F)cc1. The second-order valence-corrected chi connectivity index (χ2v) is 14.3. The molecule has 0 aliphatic heterocycles. The first kappa shape index (κ1) is 41.0. The molecule has 0 fully saturated rings. The van der Waals surface area contributed by atoms with Crippen molar-refractivity contribution >= 4 is 28.9 Å². The molecule has 14 heteroatoms. The third kappa shape index (κ3) is 8.83. The molecule has 2 heterocycles. The minimum atomic E-state index is -0.813. The van der Waals surface area contributed by atoms with Crippen LogP contribution in [0.1, 0.15) is 16.7 Å². The average Bonchev–Trinajstić information content (AvgIpc) is 3.70. The van der Waals surface area contributed by atoms with Crippen LogP contribution in [0.3, 0.4) is 0 Å². The van der Waals surface area contributed by atoms with Gasteiger partial charge in [-0.15, -0.1) is 0 Å². The van der Waals surface area contributed by atoms with Gasteiger partial charge in [0.05, 0.1) is 11.0 Å². The van der Waals surface area contributed by atoms with Crippen LogP contribution in [-0.4, -0.2) is 49.4 Å². The van der Waals surface area contributed by atoms with Crippen molar-refractivity contribution < 1.29 is 26.3 Å². The van der Waals surface area contributed by atoms with Gasteiger partial charge in [0, 0.05) is 58.4 Å². The standard InChI is InChI=1S/C50H30F6N8/c1-57-45(30-8-16-37(52)17-9-30)60-46(58-28-29-6-14-36(51)15-7-29)33-22-34(49-62-47(31-10-18-38(53)19-11-31)61-48(63-49)32-12-20-39(54)21-13-32)26-42(25-33)64-44-5-3-2-4-43(44)59-50(64)35-23-40(55)27-41(56)24-35/h2-28H,1H3/b57-45-,58-28+,60-46-. The molecule has 7 aromatic carbocycles. The Hall–Kier alpha value is -8.39. The van der Waals surface area contributed by atoms with E-state index in [2.05, 4.69) is 9.98 Å². The van der Waals surface area contributed by atoms with Crippen LogP contribution in [0.5, 0.6) is 0 Å². The number of imidazole rings is 1. The van der Waals surface area contributed by atoms with Crippen LogP contribution in [0.15, 0.2) is 173 Å². The molecule has 0 aliphatic rings. The first-order valence-corrected chi connectivity index (χ1v) is 19.6. The smallest absolute Gasteiger partial charge is 0.164 e. The van der Waals surface area contributed by atoms with E-state index >= 15 is 0 Å². The minimum Gasteiger partial charge on any atom is -0.292 e. The quantitative estimate of drug-likeness (QED) is 0.0864. The predicted octanol–water partition coefficient (Wildman–Crippen LogP) is 11.7. The highest BCUT2D eigenvalue weighted by Crippen LogP contribution is 2.34. The zero-order valence-corrected chi connectivity index (χ0v) is 33.4. The van der Waals surface area contributed by atoms with Gasteiger partial charge in [-0.25, -0.2) is 56.3 Å². The van der Waals surface area contributed by atoms with E-state index in [0.29, 0.717) is 50.1 Å². The number of hydrogen-bond acceptors (Lipinski definition) is 5. The maximum absolute atomic E-state index is 14.9. The molecule has 8 nitrogen and oxygen atoms in total. The molecule has 0 bridgehead atoms. The number of para-hydroxylation sites is 2. The second-order valence-electron chi connectivity index (χ2n) is 14.3. The van der Waals surface area contributed by atoms with E-state index in [9.17, 15) is 26.3 Å². The number of rotatable bonds is 8. The molecule has 0 N–H and O–H groups in total. The lowest BCUT2D eigenvalue weighted by Gasteiger charge is -2.15. The van der Waals surface area contributed by atoms with E-state index in [1.165, 1.54) is 122 Å². The first-order valence-electron chi connectivity index (χ1n) is 19.6. The summed E-state index contributed by atoms with van der Waals surface area (Å²) in [5.41, 5.74) is 4.21. The summed E-state index contributed by atoms with van der Waals surface area (Å²) in [5.74, 6) is -2.59. The molecule has 312 valence electrons. The van der Waals surface area contributed by atoms with E-state index in [1.807, 2.05) is 0 Å². The summed E-state index contributed by atoms with van der Waals surface area (Å²) in [6.07, 6.45) is 1.48. The summed E-state index contributed by atoms with van der Waals surface area (Å²) in [7, 11) is 1.52. The van der Waals surface area contributed by atoms with E-state index in [0.717, 1.165) is 6.07 Å². The van der Waals surface area contributed by atoms with Gasteiger partial charge in [0.15, 0.2) is 29.1 Å². The normalized spacial score (nSPS) is 12.1. The Morgan fingerprint density at radius 1 is 0.469 bits per heavy atom. The lowest BCUT2D eigenvalue weighted by molar-refractivity contribution is 0.584. The molecule has 9 rings (SSSR count). The summed E-state index contributed by atoms with van der Waals surface area (Å²) >= 11 is 0. The van der Waals surface area contributed by atoms with Crippen LogP contribution in [-0.2, 0) is 0 Å². The van der Waals surface area contributed by atoms with Crippen LogP contribution in [0.4, 0.5) is 26.3 Å². The Morgan fingerprint density at radius 2 is 1.00 bits per heavy atom. The maximum Gasteiger partial charge on any atom is 0.164 e. The fourth-order valence-corrected chi connectivity index (χ4v) is 6.92. The van der Waals surface area contributed by atoms with Crippen molar-refractivity contribution in [3.63, 3.8) is 0 Å². The second kappa shape index (κ2) is 17.5. The van der Waals surface area contributed by atoms with E-state index in [1.54, 1.807) is 47.0 Å². The number of halogens is 6. The molecule has 0 spiro atoms. The summed E-state index contributed by atoms with van der Waals surface area (Å²) in [4.78, 5) is 33.3. The van der Waals surface area contributed by atoms with Gasteiger partial charge in [-0.1, -0.05) is 24.3 Å². The highest BCUT2D eigenvalue weighted by atomic mass is 19.1. The van der Waals surface area contributed by atoms with Crippen LogP contribution >= 0.6 is 0 Å². The summed E-state index contributed by atoms with van der Waals surface area (Å²) in [6.45, 7) is 0. The topological polar surface area (TPSA) is 93.6 Å². The predicted molar refractivity (Wildman–Crippen MR) is 235 cm³/mol. The average molecular weight is 857 g/mol. The third-order valence-corrected chi connectivity index (χ3v) is 9.95. The highest BCUT2D eigenvalue weighted by Gasteiger charge is 2.21. The largest absolute Gasteiger partial charge is 0.292 e. The first-order chi connectivity index (χ1) is 31.1. The van der Waals surface area contributed by atoms with Crippen LogP contribution < -0.4 is 0 Å². The van der Waals surface area contributed by atoms with Gasteiger partial charge in [-0.3, -0.25) is 9.56 Å². The fourth-order valence-electron chi connectivity index (χ4n) is 6.92. The Labute approximate surface area is 361 Å². The monoisotopic (exact) mass is 856 g/mol. The zero-order chi connectivity index (χ0) is 44.3. The third-order valence-electron chi connectivity index (χ3n) is 9.95. The molecule has 0 saturated carbocycles. The summed E-state index contributed by atoms with van der Waals surface area (Å²) in [5, 5.41) is 0. The molecular formula is C50H30F6N8. The summed E-state index contributed by atoms with van der Waals surface area (Å²) in [6, 6.07) is 37.8. The van der Waals surface area contributed by atoms with Crippen molar-refractivity contribution in [2.75, 3.05) is 7.05 Å². The van der Waals surface area contributed by atoms with E-state index in [-0.39, 0.29) is 40.5 Å². The highest BCUT2D eigenvalue weighted by molar-refractivity contribution is 6.14. The minimum absolute atomic E-state index is 0.0756. The van der Waals surface area contributed by atoms with Crippen molar-refractivity contribution in [2.24, 2.45) is 15.0 Å².